The van der Waals surface area contributed by atoms with E-state index in [9.17, 15) is 14.7 Å². The molecule has 0 fully saturated rings. The van der Waals surface area contributed by atoms with Gasteiger partial charge in [-0.2, -0.15) is 0 Å². The summed E-state index contributed by atoms with van der Waals surface area (Å²) in [6.45, 7) is 0.126. The molecule has 150 valence electrons. The Morgan fingerprint density at radius 2 is 1.79 bits per heavy atom. The molecule has 1 aliphatic carbocycles. The number of aliphatic carboxylic acids is 1. The number of benzene rings is 2. The van der Waals surface area contributed by atoms with Crippen molar-refractivity contribution in [3.05, 3.63) is 59.7 Å². The van der Waals surface area contributed by atoms with E-state index >= 15 is 0 Å². The van der Waals surface area contributed by atoms with E-state index in [2.05, 4.69) is 38.5 Å². The van der Waals surface area contributed by atoms with Crippen LogP contribution in [-0.2, 0) is 14.4 Å². The summed E-state index contributed by atoms with van der Waals surface area (Å²) in [7, 11) is 0. The van der Waals surface area contributed by atoms with Crippen LogP contribution >= 0.6 is 15.9 Å². The molecular weight excluding hydrogens is 440 g/mol. The highest BCUT2D eigenvalue weighted by Gasteiger charge is 2.31. The standard InChI is InChI=1S/C21H19BrN2O5/c22-19-10-12(29-24-19)9-18(20(25)26)23-21(27)28-11-17-15-7-3-1-5-13(15)14-6-2-4-8-16(14)17/h1-8,12,17-18H,9-11H2,(H,23,27)(H,25,26)/t12?,18-/m0/s1. The molecule has 0 bridgehead atoms. The zero-order valence-electron chi connectivity index (χ0n) is 15.4. The van der Waals surface area contributed by atoms with Crippen molar-refractivity contribution in [2.24, 2.45) is 5.16 Å². The number of alkyl carbamates (subject to hydrolysis) is 1. The number of carboxylic acids is 1. The van der Waals surface area contributed by atoms with Crippen LogP contribution in [-0.4, -0.2) is 40.5 Å². The van der Waals surface area contributed by atoms with Gasteiger partial charge < -0.3 is 20.0 Å². The molecule has 2 aromatic carbocycles. The van der Waals surface area contributed by atoms with E-state index < -0.39 is 24.2 Å². The van der Waals surface area contributed by atoms with Crippen molar-refractivity contribution in [1.29, 1.82) is 0 Å². The van der Waals surface area contributed by atoms with Crippen molar-refractivity contribution in [1.82, 2.24) is 5.32 Å². The molecule has 8 heteroatoms. The fourth-order valence-electron chi connectivity index (χ4n) is 3.79. The Bertz CT molecular complexity index is 932. The number of ether oxygens (including phenoxy) is 1. The van der Waals surface area contributed by atoms with Crippen LogP contribution in [0.2, 0.25) is 0 Å². The Hall–Kier alpha value is -2.87. The fourth-order valence-corrected chi connectivity index (χ4v) is 4.23. The molecule has 1 unspecified atom stereocenters. The van der Waals surface area contributed by atoms with Gasteiger partial charge in [0.2, 0.25) is 0 Å². The summed E-state index contributed by atoms with van der Waals surface area (Å²) >= 11 is 3.21. The van der Waals surface area contributed by atoms with E-state index in [1.807, 2.05) is 36.4 Å². The minimum atomic E-state index is -1.15. The van der Waals surface area contributed by atoms with Crippen LogP contribution in [0.15, 0.2) is 53.7 Å². The number of fused-ring (bicyclic) bond motifs is 3. The number of carbonyl (C=O) groups excluding carboxylic acids is 1. The average Bonchev–Trinajstić information content (AvgIpc) is 3.27. The second kappa shape index (κ2) is 8.24. The van der Waals surface area contributed by atoms with Gasteiger partial charge in [0, 0.05) is 18.8 Å². The van der Waals surface area contributed by atoms with E-state index in [4.69, 9.17) is 9.57 Å². The highest BCUT2D eigenvalue weighted by Crippen LogP contribution is 2.44. The molecule has 2 N–H and O–H groups in total. The monoisotopic (exact) mass is 458 g/mol. The number of amides is 1. The second-order valence-electron chi connectivity index (χ2n) is 7.00. The molecule has 0 saturated carbocycles. The van der Waals surface area contributed by atoms with Crippen LogP contribution in [0.1, 0.15) is 29.9 Å². The second-order valence-corrected chi connectivity index (χ2v) is 7.91. The molecule has 1 amide bonds. The summed E-state index contributed by atoms with van der Waals surface area (Å²) in [5.74, 6) is -1.23. The van der Waals surface area contributed by atoms with Gasteiger partial charge >= 0.3 is 12.1 Å². The maximum absolute atomic E-state index is 12.3. The lowest BCUT2D eigenvalue weighted by Crippen LogP contribution is -2.43. The van der Waals surface area contributed by atoms with Gasteiger partial charge in [-0.05, 0) is 38.2 Å². The predicted octanol–water partition coefficient (Wildman–Crippen LogP) is 3.87. The van der Waals surface area contributed by atoms with Crippen LogP contribution in [0.3, 0.4) is 0 Å². The van der Waals surface area contributed by atoms with Crippen molar-refractivity contribution in [2.45, 2.75) is 30.9 Å². The Balaban J connectivity index is 1.39. The predicted molar refractivity (Wildman–Crippen MR) is 110 cm³/mol. The molecular formula is C21H19BrN2O5. The zero-order valence-corrected chi connectivity index (χ0v) is 17.0. The summed E-state index contributed by atoms with van der Waals surface area (Å²) in [5.41, 5.74) is 4.45. The first-order valence-electron chi connectivity index (χ1n) is 9.25. The number of carboxylic acid groups (broad SMARTS) is 1. The molecule has 0 radical (unpaired) electrons. The third-order valence-corrected chi connectivity index (χ3v) is 5.60. The molecule has 1 heterocycles. The minimum absolute atomic E-state index is 0.0843. The van der Waals surface area contributed by atoms with E-state index in [1.54, 1.807) is 0 Å². The van der Waals surface area contributed by atoms with Crippen LogP contribution in [0.5, 0.6) is 0 Å². The third-order valence-electron chi connectivity index (χ3n) is 5.13. The van der Waals surface area contributed by atoms with Crippen molar-refractivity contribution >= 4 is 32.6 Å². The normalized spacial score (nSPS) is 18.2. The quantitative estimate of drug-likeness (QED) is 0.684. The van der Waals surface area contributed by atoms with E-state index in [1.165, 1.54) is 0 Å². The first-order chi connectivity index (χ1) is 14.0. The summed E-state index contributed by atoms with van der Waals surface area (Å²) in [4.78, 5) is 29.0. The van der Waals surface area contributed by atoms with Gasteiger partial charge in [-0.25, -0.2) is 9.59 Å². The van der Waals surface area contributed by atoms with Crippen LogP contribution in [0.4, 0.5) is 4.79 Å². The maximum atomic E-state index is 12.3. The van der Waals surface area contributed by atoms with Gasteiger partial charge in [0.25, 0.3) is 0 Å². The van der Waals surface area contributed by atoms with E-state index in [0.717, 1.165) is 22.3 Å². The number of oxime groups is 1. The average molecular weight is 459 g/mol. The number of hydrogen-bond acceptors (Lipinski definition) is 5. The highest BCUT2D eigenvalue weighted by atomic mass is 79.9. The van der Waals surface area contributed by atoms with Gasteiger partial charge in [-0.3, -0.25) is 0 Å². The summed E-state index contributed by atoms with van der Waals surface area (Å²) in [6.07, 6.45) is -0.606. The Kier molecular flexibility index (Phi) is 5.53. The van der Waals surface area contributed by atoms with Gasteiger partial charge in [0.1, 0.15) is 23.4 Å². The Morgan fingerprint density at radius 1 is 1.17 bits per heavy atom. The smallest absolute Gasteiger partial charge is 0.407 e. The molecule has 7 nitrogen and oxygen atoms in total. The fraction of sp³-hybridized carbons (Fsp3) is 0.286. The highest BCUT2D eigenvalue weighted by molar-refractivity contribution is 9.18. The number of rotatable bonds is 6. The largest absolute Gasteiger partial charge is 0.480 e. The summed E-state index contributed by atoms with van der Waals surface area (Å²) in [6, 6.07) is 14.9. The first-order valence-corrected chi connectivity index (χ1v) is 10.0. The van der Waals surface area contributed by atoms with Crippen LogP contribution in [0, 0.1) is 0 Å². The third kappa shape index (κ3) is 4.12. The van der Waals surface area contributed by atoms with E-state index in [0.29, 0.717) is 11.0 Å². The summed E-state index contributed by atoms with van der Waals surface area (Å²) in [5, 5.41) is 15.6. The molecule has 0 saturated heterocycles. The minimum Gasteiger partial charge on any atom is -0.480 e. The molecule has 2 aliphatic rings. The number of hydrogen-bond donors (Lipinski definition) is 2. The molecule has 2 aromatic rings. The van der Waals surface area contributed by atoms with Crippen molar-refractivity contribution < 1.29 is 24.3 Å². The SMILES string of the molecule is O=C(N[C@@H](CC1CC(Br)=NO1)C(=O)O)OCC1c2ccccc2-c2ccccc21. The lowest BCUT2D eigenvalue weighted by molar-refractivity contribution is -0.140. The lowest BCUT2D eigenvalue weighted by Gasteiger charge is -2.19. The topological polar surface area (TPSA) is 97.2 Å². The maximum Gasteiger partial charge on any atom is 0.407 e. The van der Waals surface area contributed by atoms with Gasteiger partial charge in [0.15, 0.2) is 0 Å². The molecule has 0 spiro atoms. The molecule has 1 aliphatic heterocycles. The van der Waals surface area contributed by atoms with E-state index in [-0.39, 0.29) is 18.9 Å². The van der Waals surface area contributed by atoms with Gasteiger partial charge in [-0.15, -0.1) is 0 Å². The summed E-state index contributed by atoms with van der Waals surface area (Å²) < 4.78 is 6.03. The zero-order chi connectivity index (χ0) is 20.4. The molecule has 29 heavy (non-hydrogen) atoms. The molecule has 0 aromatic heterocycles. The van der Waals surface area contributed by atoms with Crippen molar-refractivity contribution in [2.75, 3.05) is 6.61 Å². The number of halogens is 1. The Labute approximate surface area is 175 Å². The number of nitrogens with zero attached hydrogens (tertiary/aromatic N) is 1. The number of carbonyl (C=O) groups is 2. The first kappa shape index (κ1) is 19.4. The molecule has 4 rings (SSSR count). The van der Waals surface area contributed by atoms with Crippen molar-refractivity contribution in [3.63, 3.8) is 0 Å². The van der Waals surface area contributed by atoms with Crippen molar-refractivity contribution in [3.8, 4) is 11.1 Å². The lowest BCUT2D eigenvalue weighted by atomic mass is 9.98. The van der Waals surface area contributed by atoms with Gasteiger partial charge in [-0.1, -0.05) is 53.7 Å². The Morgan fingerprint density at radius 3 is 2.34 bits per heavy atom. The van der Waals surface area contributed by atoms with Crippen LogP contribution in [0.25, 0.3) is 11.1 Å². The van der Waals surface area contributed by atoms with Gasteiger partial charge in [0.05, 0.1) is 0 Å². The molecule has 2 atom stereocenters. The number of nitrogens with one attached hydrogen (secondary N) is 1. The van der Waals surface area contributed by atoms with Crippen LogP contribution < -0.4 is 5.32 Å².